The zero-order chi connectivity index (χ0) is 11.8. The van der Waals surface area contributed by atoms with E-state index in [1.165, 1.54) is 0 Å². The fraction of sp³-hybridized carbons (Fsp3) is 0.333. The van der Waals surface area contributed by atoms with E-state index in [2.05, 4.69) is 4.99 Å². The maximum atomic E-state index is 11.0. The summed E-state index contributed by atoms with van der Waals surface area (Å²) in [5.41, 5.74) is 0.280. The van der Waals surface area contributed by atoms with Crippen molar-refractivity contribution in [3.8, 4) is 0 Å². The van der Waals surface area contributed by atoms with Crippen molar-refractivity contribution in [2.45, 2.75) is 25.5 Å². The number of carbonyl (C=O) groups is 1. The van der Waals surface area contributed by atoms with Crippen LogP contribution in [-0.4, -0.2) is 18.3 Å². The van der Waals surface area contributed by atoms with Gasteiger partial charge in [0.25, 0.3) is 0 Å². The summed E-state index contributed by atoms with van der Waals surface area (Å²) < 4.78 is 5.36. The first kappa shape index (κ1) is 11.1. The Morgan fingerprint density at radius 2 is 2.06 bits per heavy atom. The second kappa shape index (κ2) is 3.91. The number of aliphatic imine (C=N–C) groups is 1. The molecule has 0 N–H and O–H groups in total. The molecule has 3 nitrogen and oxygen atoms in total. The monoisotopic (exact) mass is 237 g/mol. The highest BCUT2D eigenvalue weighted by Crippen LogP contribution is 2.35. The van der Waals surface area contributed by atoms with Gasteiger partial charge in [0.05, 0.1) is 0 Å². The Hall–Kier alpha value is -1.35. The minimum absolute atomic E-state index is 0.537. The van der Waals surface area contributed by atoms with Crippen LogP contribution in [0.1, 0.15) is 19.4 Å². The van der Waals surface area contributed by atoms with Crippen molar-refractivity contribution in [2.24, 2.45) is 4.99 Å². The van der Waals surface area contributed by atoms with Crippen molar-refractivity contribution in [1.82, 2.24) is 0 Å². The molecule has 1 aliphatic heterocycles. The quantitative estimate of drug-likeness (QED) is 0.742. The second-order valence-electron chi connectivity index (χ2n) is 3.96. The standard InChI is InChI=1S/C12H12ClNO2/c1-8-14-12(2,11(7-15)16-8)9-3-5-10(13)6-4-9/h3-7,11H,1-2H3. The third-order valence-corrected chi connectivity index (χ3v) is 3.05. The van der Waals surface area contributed by atoms with Gasteiger partial charge in [-0.15, -0.1) is 0 Å². The van der Waals surface area contributed by atoms with Crippen LogP contribution in [-0.2, 0) is 15.1 Å². The lowest BCUT2D eigenvalue weighted by atomic mass is 9.88. The molecule has 0 spiro atoms. The van der Waals surface area contributed by atoms with E-state index >= 15 is 0 Å². The lowest BCUT2D eigenvalue weighted by molar-refractivity contribution is -0.115. The molecule has 1 aliphatic rings. The summed E-state index contributed by atoms with van der Waals surface area (Å²) >= 11 is 5.83. The first-order valence-corrected chi connectivity index (χ1v) is 5.38. The molecular formula is C12H12ClNO2. The zero-order valence-electron chi connectivity index (χ0n) is 9.11. The molecule has 0 aromatic heterocycles. The summed E-state index contributed by atoms with van der Waals surface area (Å²) in [7, 11) is 0. The Bertz CT molecular complexity index is 441. The van der Waals surface area contributed by atoms with E-state index in [0.29, 0.717) is 10.9 Å². The molecule has 16 heavy (non-hydrogen) atoms. The van der Waals surface area contributed by atoms with E-state index in [9.17, 15) is 4.79 Å². The molecule has 0 radical (unpaired) electrons. The van der Waals surface area contributed by atoms with Crippen LogP contribution in [0.5, 0.6) is 0 Å². The van der Waals surface area contributed by atoms with E-state index in [1.807, 2.05) is 19.1 Å². The summed E-state index contributed by atoms with van der Waals surface area (Å²) in [5.74, 6) is 0.537. The van der Waals surface area contributed by atoms with E-state index in [-0.39, 0.29) is 0 Å². The molecule has 0 fully saturated rings. The molecule has 2 unspecified atom stereocenters. The van der Waals surface area contributed by atoms with Gasteiger partial charge in [0.15, 0.2) is 18.3 Å². The number of aldehydes is 1. The molecule has 2 rings (SSSR count). The van der Waals surface area contributed by atoms with Gasteiger partial charge in [0.1, 0.15) is 5.54 Å². The Morgan fingerprint density at radius 1 is 1.44 bits per heavy atom. The summed E-state index contributed by atoms with van der Waals surface area (Å²) in [5, 5.41) is 0.662. The van der Waals surface area contributed by atoms with Gasteiger partial charge in [0, 0.05) is 11.9 Å². The van der Waals surface area contributed by atoms with Crippen LogP contribution in [0, 0.1) is 0 Å². The zero-order valence-corrected chi connectivity index (χ0v) is 9.86. The Morgan fingerprint density at radius 3 is 2.62 bits per heavy atom. The summed E-state index contributed by atoms with van der Waals surface area (Å²) in [4.78, 5) is 15.4. The maximum Gasteiger partial charge on any atom is 0.184 e. The largest absolute Gasteiger partial charge is 0.467 e. The van der Waals surface area contributed by atoms with Gasteiger partial charge < -0.3 is 4.74 Å². The minimum atomic E-state index is -0.642. The van der Waals surface area contributed by atoms with Gasteiger partial charge in [-0.25, -0.2) is 4.99 Å². The molecule has 0 amide bonds. The maximum absolute atomic E-state index is 11.0. The summed E-state index contributed by atoms with van der Waals surface area (Å²) in [6.07, 6.45) is 0.225. The number of hydrogen-bond donors (Lipinski definition) is 0. The Labute approximate surface area is 99.1 Å². The smallest absolute Gasteiger partial charge is 0.184 e. The van der Waals surface area contributed by atoms with Crippen molar-refractivity contribution in [3.05, 3.63) is 34.9 Å². The number of carbonyl (C=O) groups excluding carboxylic acids is 1. The first-order chi connectivity index (χ1) is 7.56. The molecule has 0 saturated heterocycles. The molecule has 1 aromatic carbocycles. The van der Waals surface area contributed by atoms with Crippen molar-refractivity contribution in [3.63, 3.8) is 0 Å². The first-order valence-electron chi connectivity index (χ1n) is 5.01. The highest BCUT2D eigenvalue weighted by Gasteiger charge is 2.42. The Kier molecular flexibility index (Phi) is 2.72. The molecule has 2 atom stereocenters. The van der Waals surface area contributed by atoms with Gasteiger partial charge in [-0.2, -0.15) is 0 Å². The molecule has 4 heteroatoms. The van der Waals surface area contributed by atoms with Gasteiger partial charge in [-0.1, -0.05) is 23.7 Å². The number of benzene rings is 1. The second-order valence-corrected chi connectivity index (χ2v) is 4.40. The molecule has 0 saturated carbocycles. The van der Waals surface area contributed by atoms with E-state index < -0.39 is 11.6 Å². The number of rotatable bonds is 2. The highest BCUT2D eigenvalue weighted by molar-refractivity contribution is 6.30. The van der Waals surface area contributed by atoms with Crippen LogP contribution in [0.3, 0.4) is 0 Å². The summed E-state index contributed by atoms with van der Waals surface area (Å²) in [6, 6.07) is 7.30. The normalized spacial score (nSPS) is 28.4. The van der Waals surface area contributed by atoms with Gasteiger partial charge >= 0.3 is 0 Å². The molecule has 0 aliphatic carbocycles. The Balaban J connectivity index is 2.44. The summed E-state index contributed by atoms with van der Waals surface area (Å²) in [6.45, 7) is 3.63. The van der Waals surface area contributed by atoms with Gasteiger partial charge in [-0.05, 0) is 24.6 Å². The van der Waals surface area contributed by atoms with Gasteiger partial charge in [0.2, 0.25) is 0 Å². The van der Waals surface area contributed by atoms with Crippen LogP contribution in [0.4, 0.5) is 0 Å². The predicted molar refractivity (Wildman–Crippen MR) is 62.9 cm³/mol. The number of halogens is 1. The molecule has 1 heterocycles. The fourth-order valence-electron chi connectivity index (χ4n) is 1.89. The third kappa shape index (κ3) is 1.71. The highest BCUT2D eigenvalue weighted by atomic mass is 35.5. The van der Waals surface area contributed by atoms with Crippen LogP contribution < -0.4 is 0 Å². The van der Waals surface area contributed by atoms with Crippen molar-refractivity contribution in [2.75, 3.05) is 0 Å². The number of hydrogen-bond acceptors (Lipinski definition) is 3. The number of nitrogens with zero attached hydrogens (tertiary/aromatic N) is 1. The van der Waals surface area contributed by atoms with E-state index in [4.69, 9.17) is 16.3 Å². The van der Waals surface area contributed by atoms with E-state index in [1.54, 1.807) is 19.1 Å². The van der Waals surface area contributed by atoms with Crippen molar-refractivity contribution >= 4 is 23.8 Å². The number of ether oxygens (including phenoxy) is 1. The van der Waals surface area contributed by atoms with Crippen LogP contribution in [0.15, 0.2) is 29.3 Å². The van der Waals surface area contributed by atoms with Crippen LogP contribution in [0.25, 0.3) is 0 Å². The lowest BCUT2D eigenvalue weighted by Gasteiger charge is -2.24. The SMILES string of the molecule is CC1=NC(C)(c2ccc(Cl)cc2)C(C=O)O1. The van der Waals surface area contributed by atoms with Crippen LogP contribution in [0.2, 0.25) is 5.02 Å². The van der Waals surface area contributed by atoms with E-state index in [0.717, 1.165) is 11.8 Å². The lowest BCUT2D eigenvalue weighted by Crippen LogP contribution is -2.33. The molecule has 1 aromatic rings. The average Bonchev–Trinajstić information content (AvgIpc) is 2.55. The average molecular weight is 238 g/mol. The fourth-order valence-corrected chi connectivity index (χ4v) is 2.02. The topological polar surface area (TPSA) is 38.7 Å². The van der Waals surface area contributed by atoms with Crippen molar-refractivity contribution < 1.29 is 9.53 Å². The molecule has 0 bridgehead atoms. The molecule has 84 valence electrons. The van der Waals surface area contributed by atoms with Crippen molar-refractivity contribution in [1.29, 1.82) is 0 Å². The molecular weight excluding hydrogens is 226 g/mol. The van der Waals surface area contributed by atoms with Crippen LogP contribution >= 0.6 is 11.6 Å². The van der Waals surface area contributed by atoms with Gasteiger partial charge in [-0.3, -0.25) is 4.79 Å². The minimum Gasteiger partial charge on any atom is -0.467 e. The third-order valence-electron chi connectivity index (χ3n) is 2.79. The predicted octanol–water partition coefficient (Wildman–Crippen LogP) is 2.57.